The molecule has 0 spiro atoms. The van der Waals surface area contributed by atoms with Crippen molar-refractivity contribution in [3.05, 3.63) is 0 Å². The maximum atomic E-state index is 3.12. The summed E-state index contributed by atoms with van der Waals surface area (Å²) >= 11 is 3.12. The number of halogens is 1. The SMILES string of the molecule is I[PH](C1CCCC1)(C1CCCC1)C1CCCC1. The van der Waals surface area contributed by atoms with Crippen molar-refractivity contribution >= 4 is 26.9 Å². The fraction of sp³-hybridized carbons (Fsp3) is 1.00. The van der Waals surface area contributed by atoms with Gasteiger partial charge in [-0.1, -0.05) is 0 Å². The minimum absolute atomic E-state index is 0.980. The molecule has 3 saturated carbocycles. The fourth-order valence-corrected chi connectivity index (χ4v) is 16.6. The zero-order valence-electron chi connectivity index (χ0n) is 11.1. The molecule has 0 heterocycles. The van der Waals surface area contributed by atoms with Crippen LogP contribution in [0.1, 0.15) is 77.0 Å². The summed E-state index contributed by atoms with van der Waals surface area (Å²) in [7, 11) is 0. The minimum atomic E-state index is -0.980. The van der Waals surface area contributed by atoms with Crippen LogP contribution in [0.4, 0.5) is 0 Å². The average molecular weight is 366 g/mol. The molecule has 0 saturated heterocycles. The third-order valence-corrected chi connectivity index (χ3v) is 19.4. The molecule has 3 aliphatic carbocycles. The molecule has 3 aliphatic rings. The topological polar surface area (TPSA) is 0 Å². The van der Waals surface area contributed by atoms with Crippen molar-refractivity contribution < 1.29 is 0 Å². The van der Waals surface area contributed by atoms with Gasteiger partial charge in [0.15, 0.2) is 0 Å². The summed E-state index contributed by atoms with van der Waals surface area (Å²) in [5.41, 5.74) is 3.65. The van der Waals surface area contributed by atoms with E-state index in [9.17, 15) is 0 Å². The summed E-state index contributed by atoms with van der Waals surface area (Å²) in [4.78, 5) is -0.980. The molecule has 0 nitrogen and oxygen atoms in total. The first-order valence-electron chi connectivity index (χ1n) is 8.00. The van der Waals surface area contributed by atoms with E-state index in [4.69, 9.17) is 0 Å². The monoisotopic (exact) mass is 366 g/mol. The number of rotatable bonds is 3. The zero-order chi connectivity index (χ0) is 11.7. The Labute approximate surface area is 121 Å². The van der Waals surface area contributed by atoms with Crippen molar-refractivity contribution in [3.63, 3.8) is 0 Å². The average Bonchev–Trinajstić information content (AvgIpc) is 3.10. The van der Waals surface area contributed by atoms with Crippen LogP contribution in [0.3, 0.4) is 0 Å². The molecule has 100 valence electrons. The van der Waals surface area contributed by atoms with Crippen molar-refractivity contribution in [3.8, 4) is 0 Å². The van der Waals surface area contributed by atoms with Gasteiger partial charge in [0.25, 0.3) is 0 Å². The van der Waals surface area contributed by atoms with Gasteiger partial charge < -0.3 is 0 Å². The Balaban J connectivity index is 1.81. The van der Waals surface area contributed by atoms with E-state index in [1.54, 1.807) is 77.0 Å². The van der Waals surface area contributed by atoms with Gasteiger partial charge in [-0.2, -0.15) is 0 Å². The molecule has 0 radical (unpaired) electrons. The summed E-state index contributed by atoms with van der Waals surface area (Å²) < 4.78 is 0. The Hall–Kier alpha value is 1.16. The van der Waals surface area contributed by atoms with E-state index in [1.807, 2.05) is 0 Å². The van der Waals surface area contributed by atoms with E-state index in [0.29, 0.717) is 0 Å². The molecule has 3 rings (SSSR count). The summed E-state index contributed by atoms with van der Waals surface area (Å²) in [6, 6.07) is 0. The molecular formula is C15H28IP. The standard InChI is InChI=1S/C15H28IP/c16-17(13-7-1-2-8-13,14-9-3-4-10-14)15-11-5-6-12-15/h13-15,17H,1-12H2. The Morgan fingerprint density at radius 1 is 0.529 bits per heavy atom. The molecular weight excluding hydrogens is 338 g/mol. The van der Waals surface area contributed by atoms with Crippen LogP contribution in [0, 0.1) is 0 Å². The van der Waals surface area contributed by atoms with Crippen LogP contribution in [-0.2, 0) is 0 Å². The summed E-state index contributed by atoms with van der Waals surface area (Å²) in [6.45, 7) is 0. The normalized spacial score (nSPS) is 30.4. The second-order valence-electron chi connectivity index (χ2n) is 6.77. The predicted molar refractivity (Wildman–Crippen MR) is 89.1 cm³/mol. The van der Waals surface area contributed by atoms with E-state index >= 15 is 0 Å². The van der Waals surface area contributed by atoms with Gasteiger partial charge in [0.05, 0.1) is 0 Å². The van der Waals surface area contributed by atoms with E-state index in [0.717, 1.165) is 0 Å². The maximum absolute atomic E-state index is 3.12. The Kier molecular flexibility index (Phi) is 4.37. The number of hydrogen-bond acceptors (Lipinski definition) is 0. The van der Waals surface area contributed by atoms with Gasteiger partial charge in [-0.3, -0.25) is 0 Å². The second kappa shape index (κ2) is 5.65. The van der Waals surface area contributed by atoms with Crippen molar-refractivity contribution in [2.24, 2.45) is 0 Å². The zero-order valence-corrected chi connectivity index (χ0v) is 14.3. The first-order chi connectivity index (χ1) is 8.32. The predicted octanol–water partition coefficient (Wildman–Crippen LogP) is 5.91. The van der Waals surface area contributed by atoms with E-state index in [-0.39, 0.29) is 0 Å². The quantitative estimate of drug-likeness (QED) is 0.430. The van der Waals surface area contributed by atoms with Gasteiger partial charge >= 0.3 is 121 Å². The van der Waals surface area contributed by atoms with Gasteiger partial charge in [0, 0.05) is 0 Å². The number of hydrogen-bond donors (Lipinski definition) is 0. The van der Waals surface area contributed by atoms with Crippen molar-refractivity contribution in [2.75, 3.05) is 0 Å². The van der Waals surface area contributed by atoms with Gasteiger partial charge in [-0.05, 0) is 0 Å². The molecule has 0 aromatic rings. The summed E-state index contributed by atoms with van der Waals surface area (Å²) in [5, 5.41) is 0. The molecule has 3 fully saturated rings. The van der Waals surface area contributed by atoms with Crippen molar-refractivity contribution in [1.29, 1.82) is 0 Å². The molecule has 0 unspecified atom stereocenters. The Bertz CT molecular complexity index is 207. The van der Waals surface area contributed by atoms with E-state index < -0.39 is 4.90 Å². The van der Waals surface area contributed by atoms with Crippen LogP contribution in [0.25, 0.3) is 0 Å². The summed E-state index contributed by atoms with van der Waals surface area (Å²) in [6.07, 6.45) is 19.0. The van der Waals surface area contributed by atoms with Crippen LogP contribution in [-0.4, -0.2) is 17.0 Å². The van der Waals surface area contributed by atoms with Crippen molar-refractivity contribution in [1.82, 2.24) is 0 Å². The summed E-state index contributed by atoms with van der Waals surface area (Å²) in [5.74, 6) is 0. The van der Waals surface area contributed by atoms with Crippen LogP contribution < -0.4 is 0 Å². The Morgan fingerprint density at radius 2 is 0.765 bits per heavy atom. The second-order valence-corrected chi connectivity index (χ2v) is 16.5. The van der Waals surface area contributed by atoms with Gasteiger partial charge in [0.1, 0.15) is 0 Å². The molecule has 0 aromatic carbocycles. The molecule has 0 atom stereocenters. The molecule has 17 heavy (non-hydrogen) atoms. The molecule has 0 amide bonds. The van der Waals surface area contributed by atoms with E-state index in [1.165, 1.54) is 17.0 Å². The van der Waals surface area contributed by atoms with Crippen molar-refractivity contribution in [2.45, 2.75) is 94.0 Å². The molecule has 0 aromatic heterocycles. The first-order valence-corrected chi connectivity index (χ1v) is 13.4. The molecule has 2 heteroatoms. The third kappa shape index (κ3) is 2.45. The molecule has 0 bridgehead atoms. The van der Waals surface area contributed by atoms with Gasteiger partial charge in [-0.25, -0.2) is 0 Å². The van der Waals surface area contributed by atoms with Crippen LogP contribution in [0.5, 0.6) is 0 Å². The third-order valence-electron chi connectivity index (χ3n) is 5.94. The fourth-order valence-electron chi connectivity index (χ4n) is 5.10. The van der Waals surface area contributed by atoms with Gasteiger partial charge in [0.2, 0.25) is 0 Å². The van der Waals surface area contributed by atoms with Gasteiger partial charge in [-0.15, -0.1) is 0 Å². The van der Waals surface area contributed by atoms with Crippen LogP contribution >= 0.6 is 26.9 Å². The van der Waals surface area contributed by atoms with E-state index in [2.05, 4.69) is 22.0 Å². The first kappa shape index (κ1) is 13.2. The Morgan fingerprint density at radius 3 is 1.00 bits per heavy atom. The molecule has 0 aliphatic heterocycles. The van der Waals surface area contributed by atoms with Crippen LogP contribution in [0.2, 0.25) is 0 Å². The van der Waals surface area contributed by atoms with Crippen LogP contribution in [0.15, 0.2) is 0 Å². The molecule has 0 N–H and O–H groups in total.